The molecule has 0 heterocycles. The minimum Gasteiger partial charge on any atom is -0.478 e. The van der Waals surface area contributed by atoms with E-state index >= 15 is 0 Å². The highest BCUT2D eigenvalue weighted by molar-refractivity contribution is 5.85. The molecule has 3 fully saturated rings. The predicted octanol–water partition coefficient (Wildman–Crippen LogP) is 4.81. The summed E-state index contributed by atoms with van der Waals surface area (Å²) in [6, 6.07) is 0. The molecule has 0 aromatic rings. The number of ether oxygens (including phenoxy) is 1. The zero-order chi connectivity index (χ0) is 16.2. The van der Waals surface area contributed by atoms with Gasteiger partial charge in [-0.3, -0.25) is 0 Å². The lowest BCUT2D eigenvalue weighted by Gasteiger charge is -2.31. The quantitative estimate of drug-likeness (QED) is 0.464. The monoisotopic (exact) mass is 320 g/mol. The minimum absolute atomic E-state index is 0.342. The summed E-state index contributed by atoms with van der Waals surface area (Å²) in [5.41, 5.74) is 0.342. The zero-order valence-electron chi connectivity index (χ0n) is 14.3. The molecule has 0 aliphatic heterocycles. The Kier molecular flexibility index (Phi) is 5.79. The van der Waals surface area contributed by atoms with Gasteiger partial charge in [-0.05, 0) is 68.6 Å². The molecule has 0 spiro atoms. The third kappa shape index (κ3) is 3.99. The molecule has 3 aliphatic rings. The molecule has 0 amide bonds. The van der Waals surface area contributed by atoms with Gasteiger partial charge in [-0.15, -0.1) is 0 Å². The van der Waals surface area contributed by atoms with Gasteiger partial charge in [0, 0.05) is 12.2 Å². The first-order chi connectivity index (χ1) is 11.2. The second-order valence-corrected chi connectivity index (χ2v) is 7.99. The number of fused-ring (bicyclic) bond motifs is 5. The van der Waals surface area contributed by atoms with Crippen molar-refractivity contribution in [1.29, 1.82) is 0 Å². The number of aliphatic carboxylic acids is 1. The van der Waals surface area contributed by atoms with Crippen LogP contribution in [0.2, 0.25) is 0 Å². The number of unbranched alkanes of at least 4 members (excludes halogenated alkanes) is 4. The third-order valence-corrected chi connectivity index (χ3v) is 6.63. The Hall–Kier alpha value is -0.830. The number of carbonyl (C=O) groups is 1. The molecule has 0 aromatic heterocycles. The molecule has 1 N–H and O–H groups in total. The fourth-order valence-corrected chi connectivity index (χ4v) is 5.51. The van der Waals surface area contributed by atoms with Crippen LogP contribution in [0.25, 0.3) is 0 Å². The van der Waals surface area contributed by atoms with Crippen molar-refractivity contribution in [2.75, 3.05) is 6.61 Å². The van der Waals surface area contributed by atoms with E-state index in [-0.39, 0.29) is 0 Å². The van der Waals surface area contributed by atoms with E-state index in [0.29, 0.717) is 18.1 Å². The van der Waals surface area contributed by atoms with E-state index in [2.05, 4.69) is 6.58 Å². The van der Waals surface area contributed by atoms with Crippen molar-refractivity contribution < 1.29 is 14.6 Å². The van der Waals surface area contributed by atoms with Crippen molar-refractivity contribution in [1.82, 2.24) is 0 Å². The Morgan fingerprint density at radius 3 is 2.57 bits per heavy atom. The van der Waals surface area contributed by atoms with Gasteiger partial charge < -0.3 is 9.84 Å². The van der Waals surface area contributed by atoms with E-state index in [0.717, 1.165) is 49.5 Å². The number of hydrogen-bond donors (Lipinski definition) is 1. The van der Waals surface area contributed by atoms with Crippen molar-refractivity contribution in [2.24, 2.45) is 23.7 Å². The van der Waals surface area contributed by atoms with Gasteiger partial charge in [0.1, 0.15) is 0 Å². The van der Waals surface area contributed by atoms with Gasteiger partial charge in [-0.1, -0.05) is 32.3 Å². The number of carboxylic acids is 1. The molecule has 3 nitrogen and oxygen atoms in total. The van der Waals surface area contributed by atoms with Crippen LogP contribution in [0.1, 0.15) is 70.6 Å². The average Bonchev–Trinajstić information content (AvgIpc) is 3.21. The maximum atomic E-state index is 10.6. The topological polar surface area (TPSA) is 46.5 Å². The van der Waals surface area contributed by atoms with Crippen molar-refractivity contribution in [3.63, 3.8) is 0 Å². The second-order valence-electron chi connectivity index (χ2n) is 7.99. The average molecular weight is 320 g/mol. The van der Waals surface area contributed by atoms with Crippen LogP contribution in [0.5, 0.6) is 0 Å². The molecule has 3 heteroatoms. The summed E-state index contributed by atoms with van der Waals surface area (Å²) in [5, 5.41) is 8.74. The largest absolute Gasteiger partial charge is 0.478 e. The normalized spacial score (nSPS) is 34.7. The minimum atomic E-state index is -0.853. The first kappa shape index (κ1) is 17.0. The van der Waals surface area contributed by atoms with E-state index in [4.69, 9.17) is 9.84 Å². The Bertz CT molecular complexity index is 431. The molecule has 130 valence electrons. The highest BCUT2D eigenvalue weighted by Crippen LogP contribution is 2.59. The van der Waals surface area contributed by atoms with E-state index in [1.54, 1.807) is 0 Å². The van der Waals surface area contributed by atoms with Crippen molar-refractivity contribution >= 4 is 5.97 Å². The number of hydrogen-bond acceptors (Lipinski definition) is 2. The van der Waals surface area contributed by atoms with Gasteiger partial charge in [0.05, 0.1) is 6.10 Å². The van der Waals surface area contributed by atoms with E-state index in [1.807, 2.05) is 0 Å². The molecule has 5 unspecified atom stereocenters. The molecule has 2 bridgehead atoms. The van der Waals surface area contributed by atoms with Gasteiger partial charge in [-0.2, -0.15) is 0 Å². The molecule has 23 heavy (non-hydrogen) atoms. The standard InChI is InChI=1S/C20H32O3/c1-14(20(21)22)8-5-3-2-4-6-11-23-19-13-15-12-18(19)17-10-7-9-16(15)17/h15-19H,1-13H2,(H,21,22). The summed E-state index contributed by atoms with van der Waals surface area (Å²) in [6.07, 6.45) is 14.0. The van der Waals surface area contributed by atoms with E-state index in [9.17, 15) is 4.79 Å². The van der Waals surface area contributed by atoms with Crippen molar-refractivity contribution in [2.45, 2.75) is 76.7 Å². The first-order valence-corrected chi connectivity index (χ1v) is 9.69. The van der Waals surface area contributed by atoms with Crippen LogP contribution in [-0.2, 0) is 9.53 Å². The maximum Gasteiger partial charge on any atom is 0.330 e. The van der Waals surface area contributed by atoms with Gasteiger partial charge in [0.15, 0.2) is 0 Å². The summed E-state index contributed by atoms with van der Waals surface area (Å²) >= 11 is 0. The highest BCUT2D eigenvalue weighted by Gasteiger charge is 2.54. The smallest absolute Gasteiger partial charge is 0.330 e. The summed E-state index contributed by atoms with van der Waals surface area (Å²) in [7, 11) is 0. The fraction of sp³-hybridized carbons (Fsp3) is 0.850. The molecular weight excluding hydrogens is 288 g/mol. The van der Waals surface area contributed by atoms with Crippen LogP contribution >= 0.6 is 0 Å². The summed E-state index contributed by atoms with van der Waals surface area (Å²) in [6.45, 7) is 4.49. The van der Waals surface area contributed by atoms with Gasteiger partial charge in [-0.25, -0.2) is 4.79 Å². The summed E-state index contributed by atoms with van der Waals surface area (Å²) in [5.74, 6) is 3.07. The number of rotatable bonds is 10. The van der Waals surface area contributed by atoms with Crippen LogP contribution in [0.15, 0.2) is 12.2 Å². The second kappa shape index (κ2) is 7.83. The molecule has 0 aromatic carbocycles. The van der Waals surface area contributed by atoms with Gasteiger partial charge in [0.2, 0.25) is 0 Å². The molecule has 0 radical (unpaired) electrons. The Labute approximate surface area is 140 Å². The lowest BCUT2D eigenvalue weighted by Crippen LogP contribution is -2.30. The van der Waals surface area contributed by atoms with Crippen LogP contribution in [0.3, 0.4) is 0 Å². The summed E-state index contributed by atoms with van der Waals surface area (Å²) in [4.78, 5) is 10.6. The van der Waals surface area contributed by atoms with Crippen LogP contribution in [0, 0.1) is 23.7 Å². The molecular formula is C20H32O3. The maximum absolute atomic E-state index is 10.6. The SMILES string of the molecule is C=C(CCCCCCCOC1CC2CC1C1CCCC21)C(=O)O. The lowest BCUT2D eigenvalue weighted by molar-refractivity contribution is -0.132. The molecule has 5 atom stereocenters. The molecule has 3 aliphatic carbocycles. The van der Waals surface area contributed by atoms with Crippen molar-refractivity contribution in [3.05, 3.63) is 12.2 Å². The van der Waals surface area contributed by atoms with Crippen molar-refractivity contribution in [3.8, 4) is 0 Å². The van der Waals surface area contributed by atoms with Crippen LogP contribution in [0.4, 0.5) is 0 Å². The van der Waals surface area contributed by atoms with Crippen LogP contribution < -0.4 is 0 Å². The zero-order valence-corrected chi connectivity index (χ0v) is 14.3. The Morgan fingerprint density at radius 2 is 1.74 bits per heavy atom. The lowest BCUT2D eigenvalue weighted by atomic mass is 9.80. The summed E-state index contributed by atoms with van der Waals surface area (Å²) < 4.78 is 6.23. The Morgan fingerprint density at radius 1 is 1.00 bits per heavy atom. The fourth-order valence-electron chi connectivity index (χ4n) is 5.51. The van der Waals surface area contributed by atoms with Gasteiger partial charge >= 0.3 is 5.97 Å². The predicted molar refractivity (Wildman–Crippen MR) is 91.3 cm³/mol. The molecule has 3 saturated carbocycles. The molecule has 0 saturated heterocycles. The van der Waals surface area contributed by atoms with Crippen LogP contribution in [-0.4, -0.2) is 23.8 Å². The van der Waals surface area contributed by atoms with E-state index in [1.165, 1.54) is 44.9 Å². The molecule has 3 rings (SSSR count). The van der Waals surface area contributed by atoms with E-state index < -0.39 is 5.97 Å². The number of carboxylic acid groups (broad SMARTS) is 1. The van der Waals surface area contributed by atoms with Gasteiger partial charge in [0.25, 0.3) is 0 Å². The highest BCUT2D eigenvalue weighted by atomic mass is 16.5. The first-order valence-electron chi connectivity index (χ1n) is 9.69. The third-order valence-electron chi connectivity index (χ3n) is 6.63. The Balaban J connectivity index is 1.21.